The van der Waals surface area contributed by atoms with Crippen LogP contribution in [0, 0.1) is 5.82 Å². The molecule has 0 unspecified atom stereocenters. The number of hydrogen-bond donors (Lipinski definition) is 1. The fourth-order valence-electron chi connectivity index (χ4n) is 3.82. The van der Waals surface area contributed by atoms with E-state index in [1.165, 1.54) is 30.1 Å². The molecule has 196 valence electrons. The number of para-hydroxylation sites is 1. The summed E-state index contributed by atoms with van der Waals surface area (Å²) >= 11 is 12.7. The van der Waals surface area contributed by atoms with Gasteiger partial charge in [0.05, 0.1) is 11.9 Å². The number of carbonyl (C=O) groups is 2. The van der Waals surface area contributed by atoms with Crippen LogP contribution in [0.4, 0.5) is 10.1 Å². The average Bonchev–Trinajstić information content (AvgIpc) is 2.86. The maximum absolute atomic E-state index is 14.6. The van der Waals surface area contributed by atoms with E-state index >= 15 is 0 Å². The smallest absolute Gasteiger partial charge is 0.244 e. The lowest BCUT2D eigenvalue weighted by Gasteiger charge is -2.33. The molecule has 2 amide bonds. The normalized spacial score (nSPS) is 12.0. The predicted octanol–water partition coefficient (Wildman–Crippen LogP) is 4.28. The SMILES string of the molecule is CNC(=O)[C@@H](Cc1ccccc1)N(Cc1c(Cl)cccc1Cl)C(=O)CN(c1ccccc1F)S(C)(=O)=O. The van der Waals surface area contributed by atoms with Gasteiger partial charge in [0.2, 0.25) is 21.8 Å². The first-order chi connectivity index (χ1) is 17.5. The van der Waals surface area contributed by atoms with Crippen LogP contribution in [0.1, 0.15) is 11.1 Å². The summed E-state index contributed by atoms with van der Waals surface area (Å²) in [5.41, 5.74) is 0.875. The summed E-state index contributed by atoms with van der Waals surface area (Å²) in [6.07, 6.45) is 1.01. The first-order valence-electron chi connectivity index (χ1n) is 11.2. The largest absolute Gasteiger partial charge is 0.357 e. The Morgan fingerprint density at radius 1 is 0.946 bits per heavy atom. The van der Waals surface area contributed by atoms with Gasteiger partial charge in [0.1, 0.15) is 18.4 Å². The van der Waals surface area contributed by atoms with Crippen molar-refractivity contribution in [1.82, 2.24) is 10.2 Å². The first-order valence-corrected chi connectivity index (χ1v) is 13.8. The van der Waals surface area contributed by atoms with Gasteiger partial charge in [0.25, 0.3) is 0 Å². The fourth-order valence-corrected chi connectivity index (χ4v) is 5.19. The van der Waals surface area contributed by atoms with Gasteiger partial charge in [-0.2, -0.15) is 0 Å². The molecule has 0 spiro atoms. The topological polar surface area (TPSA) is 86.8 Å². The van der Waals surface area contributed by atoms with Crippen molar-refractivity contribution >= 4 is 50.7 Å². The minimum Gasteiger partial charge on any atom is -0.357 e. The lowest BCUT2D eigenvalue weighted by atomic mass is 10.0. The van der Waals surface area contributed by atoms with Gasteiger partial charge < -0.3 is 10.2 Å². The van der Waals surface area contributed by atoms with E-state index in [2.05, 4.69) is 5.32 Å². The van der Waals surface area contributed by atoms with Crippen LogP contribution in [-0.4, -0.2) is 51.0 Å². The third-order valence-corrected chi connectivity index (χ3v) is 7.54. The van der Waals surface area contributed by atoms with Crippen LogP contribution in [-0.2, 0) is 32.6 Å². The molecule has 0 bridgehead atoms. The predicted molar refractivity (Wildman–Crippen MR) is 144 cm³/mol. The third kappa shape index (κ3) is 7.21. The second-order valence-electron chi connectivity index (χ2n) is 8.26. The maximum atomic E-state index is 14.6. The Bertz CT molecular complexity index is 1350. The van der Waals surface area contributed by atoms with Crippen molar-refractivity contribution < 1.29 is 22.4 Å². The van der Waals surface area contributed by atoms with E-state index in [1.54, 1.807) is 30.3 Å². The van der Waals surface area contributed by atoms with Crippen LogP contribution in [0.3, 0.4) is 0 Å². The lowest BCUT2D eigenvalue weighted by Crippen LogP contribution is -2.53. The van der Waals surface area contributed by atoms with Gasteiger partial charge in [0.15, 0.2) is 0 Å². The van der Waals surface area contributed by atoms with Gasteiger partial charge in [-0.25, -0.2) is 12.8 Å². The van der Waals surface area contributed by atoms with Crippen molar-refractivity contribution in [2.75, 3.05) is 24.2 Å². The minimum atomic E-state index is -4.08. The van der Waals surface area contributed by atoms with Gasteiger partial charge >= 0.3 is 0 Å². The number of carbonyl (C=O) groups excluding carboxylic acids is 2. The van der Waals surface area contributed by atoms with Crippen LogP contribution < -0.4 is 9.62 Å². The quantitative estimate of drug-likeness (QED) is 0.397. The zero-order valence-electron chi connectivity index (χ0n) is 20.2. The number of amides is 2. The summed E-state index contributed by atoms with van der Waals surface area (Å²) in [5.74, 6) is -2.03. The second-order valence-corrected chi connectivity index (χ2v) is 11.0. The molecule has 0 saturated carbocycles. The van der Waals surface area contributed by atoms with Crippen LogP contribution >= 0.6 is 23.2 Å². The molecule has 7 nitrogen and oxygen atoms in total. The van der Waals surface area contributed by atoms with E-state index in [1.807, 2.05) is 18.2 Å². The van der Waals surface area contributed by atoms with E-state index in [0.29, 0.717) is 9.87 Å². The molecule has 0 radical (unpaired) electrons. The summed E-state index contributed by atoms with van der Waals surface area (Å²) in [4.78, 5) is 28.1. The molecule has 0 heterocycles. The van der Waals surface area contributed by atoms with E-state index in [-0.39, 0.29) is 28.7 Å². The van der Waals surface area contributed by atoms with Crippen LogP contribution in [0.5, 0.6) is 0 Å². The molecule has 1 N–H and O–H groups in total. The molecule has 0 aliphatic rings. The Morgan fingerprint density at radius 3 is 2.11 bits per heavy atom. The highest BCUT2D eigenvalue weighted by molar-refractivity contribution is 7.92. The molecule has 0 saturated heterocycles. The fraction of sp³-hybridized carbons (Fsp3) is 0.231. The number of sulfonamides is 1. The highest BCUT2D eigenvalue weighted by Gasteiger charge is 2.33. The van der Waals surface area contributed by atoms with Gasteiger partial charge in [-0.15, -0.1) is 0 Å². The van der Waals surface area contributed by atoms with Crippen molar-refractivity contribution in [3.63, 3.8) is 0 Å². The van der Waals surface area contributed by atoms with Crippen LogP contribution in [0.2, 0.25) is 10.0 Å². The molecular formula is C26H26Cl2FN3O4S. The monoisotopic (exact) mass is 565 g/mol. The zero-order chi connectivity index (χ0) is 27.2. The van der Waals surface area contributed by atoms with Crippen molar-refractivity contribution in [3.8, 4) is 0 Å². The Kier molecular flexibility index (Phi) is 9.53. The average molecular weight is 566 g/mol. The molecule has 0 aliphatic carbocycles. The summed E-state index contributed by atoms with van der Waals surface area (Å²) in [6, 6.07) is 18.1. The van der Waals surface area contributed by atoms with Crippen LogP contribution in [0.25, 0.3) is 0 Å². The van der Waals surface area contributed by atoms with E-state index in [0.717, 1.165) is 17.9 Å². The maximum Gasteiger partial charge on any atom is 0.244 e. The van der Waals surface area contributed by atoms with Crippen molar-refractivity contribution in [3.05, 3.63) is 99.8 Å². The van der Waals surface area contributed by atoms with E-state index in [4.69, 9.17) is 23.2 Å². The minimum absolute atomic E-state index is 0.132. The van der Waals surface area contributed by atoms with Crippen LogP contribution in [0.15, 0.2) is 72.8 Å². The lowest BCUT2D eigenvalue weighted by molar-refractivity contribution is -0.139. The Labute approximate surface area is 225 Å². The van der Waals surface area contributed by atoms with Gasteiger partial charge in [-0.05, 0) is 29.8 Å². The zero-order valence-corrected chi connectivity index (χ0v) is 22.5. The molecule has 3 aromatic rings. The molecule has 11 heteroatoms. The summed E-state index contributed by atoms with van der Waals surface area (Å²) < 4.78 is 40.5. The number of anilines is 1. The molecular weight excluding hydrogens is 540 g/mol. The molecule has 37 heavy (non-hydrogen) atoms. The molecule has 0 fully saturated rings. The number of likely N-dealkylation sites (N-methyl/N-ethyl adjacent to an activating group) is 1. The highest BCUT2D eigenvalue weighted by Crippen LogP contribution is 2.28. The standard InChI is InChI=1S/C26H26Cl2FN3O4S/c1-30-26(34)24(15-18-9-4-3-5-10-18)31(16-19-20(27)11-8-12-21(19)28)25(33)17-32(37(2,35)36)23-14-7-6-13-22(23)29/h3-14,24H,15-17H2,1-2H3,(H,30,34)/t24-/m1/s1. The molecule has 1 atom stereocenters. The number of rotatable bonds is 10. The molecule has 0 aliphatic heterocycles. The van der Waals surface area contributed by atoms with Crippen molar-refractivity contribution in [1.29, 1.82) is 0 Å². The number of benzene rings is 3. The Hall–Kier alpha value is -3.14. The van der Waals surface area contributed by atoms with Gasteiger partial charge in [-0.3, -0.25) is 13.9 Å². The summed E-state index contributed by atoms with van der Waals surface area (Å²) in [6.45, 7) is -0.929. The molecule has 3 aromatic carbocycles. The Balaban J connectivity index is 2.08. The number of nitrogens with zero attached hydrogens (tertiary/aromatic N) is 2. The van der Waals surface area contributed by atoms with Gasteiger partial charge in [0, 0.05) is 35.6 Å². The number of halogens is 3. The highest BCUT2D eigenvalue weighted by atomic mass is 35.5. The third-order valence-electron chi connectivity index (χ3n) is 5.71. The Morgan fingerprint density at radius 2 is 1.54 bits per heavy atom. The second kappa shape index (κ2) is 12.4. The van der Waals surface area contributed by atoms with Crippen molar-refractivity contribution in [2.24, 2.45) is 0 Å². The van der Waals surface area contributed by atoms with Gasteiger partial charge in [-0.1, -0.05) is 71.7 Å². The van der Waals surface area contributed by atoms with E-state index in [9.17, 15) is 22.4 Å². The first kappa shape index (κ1) is 28.4. The van der Waals surface area contributed by atoms with E-state index < -0.39 is 40.2 Å². The van der Waals surface area contributed by atoms with Crippen molar-refractivity contribution in [2.45, 2.75) is 19.0 Å². The number of hydrogen-bond acceptors (Lipinski definition) is 4. The summed E-state index contributed by atoms with van der Waals surface area (Å²) in [7, 11) is -2.64. The molecule has 3 rings (SSSR count). The molecule has 0 aromatic heterocycles. The summed E-state index contributed by atoms with van der Waals surface area (Å²) in [5, 5.41) is 3.12. The number of nitrogens with one attached hydrogen (secondary N) is 1.